The first-order valence-electron chi connectivity index (χ1n) is 12.6. The van der Waals surface area contributed by atoms with Gasteiger partial charge in [-0.25, -0.2) is 8.42 Å². The quantitative estimate of drug-likeness (QED) is 0.334. The molecule has 2 heterocycles. The van der Waals surface area contributed by atoms with Crippen molar-refractivity contribution in [2.24, 2.45) is 0 Å². The monoisotopic (exact) mass is 537 g/mol. The van der Waals surface area contributed by atoms with E-state index < -0.39 is 10.0 Å². The van der Waals surface area contributed by atoms with Gasteiger partial charge in [-0.1, -0.05) is 30.3 Å². The van der Waals surface area contributed by atoms with E-state index in [1.54, 1.807) is 49.6 Å². The smallest absolute Gasteiger partial charge is 0.292 e. The molecule has 0 N–H and O–H groups in total. The summed E-state index contributed by atoms with van der Waals surface area (Å²) in [7, 11) is -1.89. The highest BCUT2D eigenvalue weighted by Crippen LogP contribution is 2.35. The molecule has 2 fully saturated rings. The Morgan fingerprint density at radius 1 is 0.737 bits per heavy atom. The average Bonchev–Trinajstić information content (AvgIpc) is 2.97. The van der Waals surface area contributed by atoms with Crippen LogP contribution in [0.2, 0.25) is 0 Å². The van der Waals surface area contributed by atoms with Crippen LogP contribution in [0.1, 0.15) is 0 Å². The molecule has 3 aromatic carbocycles. The number of ether oxygens (including phenoxy) is 1. The summed E-state index contributed by atoms with van der Waals surface area (Å²) in [5, 5.41) is 11.9. The number of anilines is 3. The minimum Gasteiger partial charge on any atom is -0.495 e. The van der Waals surface area contributed by atoms with Crippen molar-refractivity contribution in [1.82, 2.24) is 4.31 Å². The number of nitrogens with zero attached hydrogens (tertiary/aromatic N) is 5. The number of piperazine rings is 2. The zero-order valence-corrected chi connectivity index (χ0v) is 22.1. The van der Waals surface area contributed by atoms with Crippen LogP contribution >= 0.6 is 0 Å². The lowest BCUT2D eigenvalue weighted by atomic mass is 10.1. The molecule has 11 heteroatoms. The average molecular weight is 538 g/mol. The molecular formula is C27H31N5O5S. The molecule has 0 unspecified atom stereocenters. The largest absolute Gasteiger partial charge is 0.495 e. The number of methoxy groups -OCH3 is 1. The predicted octanol–water partition coefficient (Wildman–Crippen LogP) is 3.44. The highest BCUT2D eigenvalue weighted by molar-refractivity contribution is 7.89. The molecule has 2 aliphatic heterocycles. The van der Waals surface area contributed by atoms with Crippen LogP contribution in [0.4, 0.5) is 22.7 Å². The zero-order chi connectivity index (χ0) is 26.7. The number of hydrogen-bond acceptors (Lipinski definition) is 8. The summed E-state index contributed by atoms with van der Waals surface area (Å²) >= 11 is 0. The van der Waals surface area contributed by atoms with E-state index in [9.17, 15) is 18.5 Å². The van der Waals surface area contributed by atoms with Gasteiger partial charge in [-0.05, 0) is 36.4 Å². The van der Waals surface area contributed by atoms with E-state index in [2.05, 4.69) is 14.7 Å². The van der Waals surface area contributed by atoms with Crippen LogP contribution in [-0.2, 0) is 10.0 Å². The Bertz CT molecular complexity index is 1390. The molecule has 0 spiro atoms. The lowest BCUT2D eigenvalue weighted by molar-refractivity contribution is -0.384. The summed E-state index contributed by atoms with van der Waals surface area (Å²) in [6, 6.07) is 21.5. The molecule has 0 atom stereocenters. The van der Waals surface area contributed by atoms with Crippen LogP contribution in [0.5, 0.6) is 5.75 Å². The van der Waals surface area contributed by atoms with E-state index in [1.807, 2.05) is 30.3 Å². The van der Waals surface area contributed by atoms with Gasteiger partial charge in [-0.3, -0.25) is 10.1 Å². The Kier molecular flexibility index (Phi) is 7.39. The van der Waals surface area contributed by atoms with Crippen LogP contribution in [0.3, 0.4) is 0 Å². The topological polar surface area (TPSA) is 99.5 Å². The van der Waals surface area contributed by atoms with Crippen LogP contribution in [0.15, 0.2) is 77.7 Å². The number of para-hydroxylation sites is 2. The Morgan fingerprint density at radius 2 is 1.32 bits per heavy atom. The van der Waals surface area contributed by atoms with Gasteiger partial charge >= 0.3 is 0 Å². The van der Waals surface area contributed by atoms with Crippen molar-refractivity contribution in [1.29, 1.82) is 0 Å². The SMILES string of the molecule is COc1ccccc1N1CCN(c2cc(N3CCN(S(=O)(=O)c4ccccc4)CC3)ccc2[N+](=O)[O-])CC1. The van der Waals surface area contributed by atoms with E-state index in [0.29, 0.717) is 62.9 Å². The molecule has 0 saturated carbocycles. The number of nitro benzene ring substituents is 1. The van der Waals surface area contributed by atoms with E-state index in [1.165, 1.54) is 4.31 Å². The number of hydrogen-bond donors (Lipinski definition) is 0. The first-order valence-corrected chi connectivity index (χ1v) is 14.0. The maximum absolute atomic E-state index is 13.0. The lowest BCUT2D eigenvalue weighted by Crippen LogP contribution is -2.49. The summed E-state index contributed by atoms with van der Waals surface area (Å²) in [4.78, 5) is 18.2. The Balaban J connectivity index is 1.30. The molecule has 3 aromatic rings. The lowest BCUT2D eigenvalue weighted by Gasteiger charge is -2.38. The molecule has 0 amide bonds. The fraction of sp³-hybridized carbons (Fsp3) is 0.333. The third-order valence-corrected chi connectivity index (χ3v) is 9.10. The minimum absolute atomic E-state index is 0.0739. The highest BCUT2D eigenvalue weighted by atomic mass is 32.2. The number of nitro groups is 1. The van der Waals surface area contributed by atoms with Crippen molar-refractivity contribution in [2.45, 2.75) is 4.90 Å². The van der Waals surface area contributed by atoms with Gasteiger partial charge in [0.1, 0.15) is 11.4 Å². The summed E-state index contributed by atoms with van der Waals surface area (Å²) in [5.74, 6) is 0.808. The molecular weight excluding hydrogens is 506 g/mol. The van der Waals surface area contributed by atoms with Crippen LogP contribution in [0, 0.1) is 10.1 Å². The highest BCUT2D eigenvalue weighted by Gasteiger charge is 2.30. The van der Waals surface area contributed by atoms with E-state index >= 15 is 0 Å². The van der Waals surface area contributed by atoms with Gasteiger partial charge in [0, 0.05) is 64.1 Å². The summed E-state index contributed by atoms with van der Waals surface area (Å²) in [5.41, 5.74) is 2.53. The van der Waals surface area contributed by atoms with Crippen molar-refractivity contribution in [3.05, 3.63) is 82.9 Å². The van der Waals surface area contributed by atoms with Crippen LogP contribution in [0.25, 0.3) is 0 Å². The van der Waals surface area contributed by atoms with Gasteiger partial charge in [0.2, 0.25) is 10.0 Å². The van der Waals surface area contributed by atoms with Gasteiger partial charge in [-0.2, -0.15) is 4.31 Å². The van der Waals surface area contributed by atoms with Crippen LogP contribution in [-0.4, -0.2) is 77.1 Å². The van der Waals surface area contributed by atoms with Gasteiger partial charge in [-0.15, -0.1) is 0 Å². The minimum atomic E-state index is -3.55. The van der Waals surface area contributed by atoms with Crippen molar-refractivity contribution in [3.63, 3.8) is 0 Å². The first-order chi connectivity index (χ1) is 18.4. The number of sulfonamides is 1. The van der Waals surface area contributed by atoms with Gasteiger partial charge in [0.25, 0.3) is 5.69 Å². The molecule has 0 bridgehead atoms. The first kappa shape index (κ1) is 25.8. The maximum Gasteiger partial charge on any atom is 0.292 e. The maximum atomic E-state index is 13.0. The Morgan fingerprint density at radius 3 is 1.95 bits per heavy atom. The van der Waals surface area contributed by atoms with Crippen molar-refractivity contribution >= 4 is 32.8 Å². The third-order valence-electron chi connectivity index (χ3n) is 7.19. The Labute approximate surface area is 222 Å². The second kappa shape index (κ2) is 10.9. The molecule has 0 aliphatic carbocycles. The summed E-state index contributed by atoms with van der Waals surface area (Å²) < 4.78 is 33.0. The second-order valence-electron chi connectivity index (χ2n) is 9.28. The summed E-state index contributed by atoms with van der Waals surface area (Å²) in [6.07, 6.45) is 0. The number of rotatable bonds is 7. The molecule has 5 rings (SSSR count). The van der Waals surface area contributed by atoms with Crippen molar-refractivity contribution < 1.29 is 18.1 Å². The standard InChI is InChI=1S/C27H31N5O5S/c1-37-27-10-6-5-9-25(27)29-13-15-30(16-14-29)26-21-22(11-12-24(26)32(33)34)28-17-19-31(20-18-28)38(35,36)23-7-3-2-4-8-23/h2-12,21H,13-20H2,1H3. The second-order valence-corrected chi connectivity index (χ2v) is 11.2. The predicted molar refractivity (Wildman–Crippen MR) is 148 cm³/mol. The van der Waals surface area contributed by atoms with Crippen LogP contribution < -0.4 is 19.4 Å². The molecule has 2 aliphatic rings. The Hall–Kier alpha value is -3.83. The number of benzene rings is 3. The molecule has 10 nitrogen and oxygen atoms in total. The third kappa shape index (κ3) is 5.11. The van der Waals surface area contributed by atoms with Gasteiger partial charge in [0.05, 0.1) is 22.6 Å². The normalized spacial score (nSPS) is 16.9. The molecule has 200 valence electrons. The van der Waals surface area contributed by atoms with Crippen molar-refractivity contribution in [3.8, 4) is 5.75 Å². The fourth-order valence-corrected chi connectivity index (χ4v) is 6.57. The van der Waals surface area contributed by atoms with Gasteiger partial charge < -0.3 is 19.4 Å². The molecule has 0 aromatic heterocycles. The van der Waals surface area contributed by atoms with Crippen molar-refractivity contribution in [2.75, 3.05) is 74.2 Å². The zero-order valence-electron chi connectivity index (χ0n) is 21.3. The fourth-order valence-electron chi connectivity index (χ4n) is 5.12. The van der Waals surface area contributed by atoms with E-state index in [0.717, 1.165) is 17.1 Å². The molecule has 2 saturated heterocycles. The molecule has 0 radical (unpaired) electrons. The van der Waals surface area contributed by atoms with E-state index in [4.69, 9.17) is 4.74 Å². The van der Waals surface area contributed by atoms with Gasteiger partial charge in [0.15, 0.2) is 0 Å². The molecule has 38 heavy (non-hydrogen) atoms. The van der Waals surface area contributed by atoms with E-state index in [-0.39, 0.29) is 10.6 Å². The summed E-state index contributed by atoms with van der Waals surface area (Å²) in [6.45, 7) is 4.38.